The number of nitro groups is 1. The molecule has 0 bridgehead atoms. The third-order valence-electron chi connectivity index (χ3n) is 3.34. The van der Waals surface area contributed by atoms with E-state index >= 15 is 0 Å². The average Bonchev–Trinajstić information content (AvgIpc) is 2.47. The highest BCUT2D eigenvalue weighted by Crippen LogP contribution is 2.23. The second-order valence-electron chi connectivity index (χ2n) is 5.02. The molecule has 21 heavy (non-hydrogen) atoms. The summed E-state index contributed by atoms with van der Waals surface area (Å²) in [7, 11) is 1.62. The molecule has 2 aromatic carbocycles. The number of nitrogens with two attached hydrogens (primary N) is 1. The smallest absolute Gasteiger partial charge is 0.270 e. The molecule has 0 saturated carbocycles. The number of nitrogens with zero attached hydrogens (tertiary/aromatic N) is 1. The summed E-state index contributed by atoms with van der Waals surface area (Å²) in [5.74, 6) is 0.790. The van der Waals surface area contributed by atoms with E-state index in [1.807, 2.05) is 37.3 Å². The molecular formula is C16H18N2O3. The highest BCUT2D eigenvalue weighted by molar-refractivity contribution is 5.40. The first-order valence-electron chi connectivity index (χ1n) is 6.64. The van der Waals surface area contributed by atoms with Gasteiger partial charge >= 0.3 is 0 Å². The fraction of sp³-hybridized carbons (Fsp3) is 0.250. The number of hydrogen-bond donors (Lipinski definition) is 1. The fourth-order valence-corrected chi connectivity index (χ4v) is 2.24. The molecule has 0 radical (unpaired) electrons. The number of nitro benzene ring substituents is 1. The summed E-state index contributed by atoms with van der Waals surface area (Å²) < 4.78 is 5.11. The van der Waals surface area contributed by atoms with Gasteiger partial charge in [0.05, 0.1) is 12.0 Å². The van der Waals surface area contributed by atoms with Crippen LogP contribution >= 0.6 is 0 Å². The van der Waals surface area contributed by atoms with Gasteiger partial charge in [-0.05, 0) is 42.2 Å². The summed E-state index contributed by atoms with van der Waals surface area (Å²) in [5, 5.41) is 10.9. The summed E-state index contributed by atoms with van der Waals surface area (Å²) in [6.07, 6.45) is 0.616. The Hall–Kier alpha value is -2.40. The Balaban J connectivity index is 2.19. The fourth-order valence-electron chi connectivity index (χ4n) is 2.24. The topological polar surface area (TPSA) is 78.4 Å². The number of ether oxygens (including phenoxy) is 1. The van der Waals surface area contributed by atoms with Crippen molar-refractivity contribution >= 4 is 5.69 Å². The van der Waals surface area contributed by atoms with Crippen LogP contribution in [0.1, 0.15) is 22.7 Å². The van der Waals surface area contributed by atoms with Gasteiger partial charge in [-0.2, -0.15) is 0 Å². The number of aryl methyl sites for hydroxylation is 1. The highest BCUT2D eigenvalue weighted by atomic mass is 16.6. The van der Waals surface area contributed by atoms with Crippen LogP contribution in [-0.4, -0.2) is 12.0 Å². The van der Waals surface area contributed by atoms with Crippen molar-refractivity contribution in [3.05, 3.63) is 69.3 Å². The molecule has 2 N–H and O–H groups in total. The van der Waals surface area contributed by atoms with Crippen LogP contribution in [0.5, 0.6) is 5.75 Å². The summed E-state index contributed by atoms with van der Waals surface area (Å²) in [6.45, 7) is 1.83. The molecule has 5 nitrogen and oxygen atoms in total. The first-order valence-corrected chi connectivity index (χ1v) is 6.64. The van der Waals surface area contributed by atoms with E-state index in [-0.39, 0.29) is 11.7 Å². The van der Waals surface area contributed by atoms with E-state index in [0.717, 1.165) is 22.4 Å². The normalized spacial score (nSPS) is 12.0. The van der Waals surface area contributed by atoms with Crippen molar-refractivity contribution < 1.29 is 9.66 Å². The van der Waals surface area contributed by atoms with Gasteiger partial charge in [-0.25, -0.2) is 0 Å². The van der Waals surface area contributed by atoms with Crippen molar-refractivity contribution in [3.8, 4) is 5.75 Å². The van der Waals surface area contributed by atoms with E-state index in [2.05, 4.69) is 0 Å². The lowest BCUT2D eigenvalue weighted by Crippen LogP contribution is -2.13. The molecule has 0 spiro atoms. The van der Waals surface area contributed by atoms with Crippen LogP contribution in [0.3, 0.4) is 0 Å². The molecule has 0 heterocycles. The van der Waals surface area contributed by atoms with Crippen LogP contribution in [0.2, 0.25) is 0 Å². The number of hydrogen-bond acceptors (Lipinski definition) is 4. The second-order valence-corrected chi connectivity index (χ2v) is 5.02. The second kappa shape index (κ2) is 6.37. The van der Waals surface area contributed by atoms with Gasteiger partial charge in [0.25, 0.3) is 5.69 Å². The van der Waals surface area contributed by atoms with Crippen molar-refractivity contribution in [2.45, 2.75) is 19.4 Å². The average molecular weight is 286 g/mol. The van der Waals surface area contributed by atoms with Gasteiger partial charge in [-0.3, -0.25) is 10.1 Å². The number of rotatable bonds is 5. The number of non-ortho nitro benzene ring substituents is 1. The Morgan fingerprint density at radius 2 is 1.90 bits per heavy atom. The molecule has 5 heteroatoms. The van der Waals surface area contributed by atoms with E-state index in [4.69, 9.17) is 10.5 Å². The third kappa shape index (κ3) is 3.79. The monoisotopic (exact) mass is 286 g/mol. The largest absolute Gasteiger partial charge is 0.497 e. The summed E-state index contributed by atoms with van der Waals surface area (Å²) in [5.41, 5.74) is 8.94. The van der Waals surface area contributed by atoms with Gasteiger partial charge in [0.15, 0.2) is 0 Å². The van der Waals surface area contributed by atoms with Crippen molar-refractivity contribution in [1.82, 2.24) is 0 Å². The summed E-state index contributed by atoms with van der Waals surface area (Å²) in [6, 6.07) is 12.3. The molecule has 0 aliphatic carbocycles. The standard InChI is InChI=1S/C16H18N2O3/c1-11-7-13(10-14(8-11)18(19)20)16(17)9-12-3-5-15(21-2)6-4-12/h3-8,10,16H,9,17H2,1-2H3. The van der Waals surface area contributed by atoms with E-state index in [0.29, 0.717) is 6.42 Å². The molecule has 110 valence electrons. The SMILES string of the molecule is COc1ccc(CC(N)c2cc(C)cc([N+](=O)[O-])c2)cc1. The zero-order valence-corrected chi connectivity index (χ0v) is 12.1. The molecule has 1 atom stereocenters. The minimum atomic E-state index is -0.392. The van der Waals surface area contributed by atoms with Crippen LogP contribution in [0.4, 0.5) is 5.69 Å². The van der Waals surface area contributed by atoms with Gasteiger partial charge in [0, 0.05) is 18.2 Å². The van der Waals surface area contributed by atoms with Crippen molar-refractivity contribution in [2.75, 3.05) is 7.11 Å². The zero-order chi connectivity index (χ0) is 15.4. The van der Waals surface area contributed by atoms with Crippen LogP contribution in [-0.2, 0) is 6.42 Å². The molecule has 0 saturated heterocycles. The Kier molecular flexibility index (Phi) is 4.55. The lowest BCUT2D eigenvalue weighted by molar-refractivity contribution is -0.385. The molecule has 0 amide bonds. The predicted molar refractivity (Wildman–Crippen MR) is 81.5 cm³/mol. The minimum Gasteiger partial charge on any atom is -0.497 e. The van der Waals surface area contributed by atoms with Gasteiger partial charge < -0.3 is 10.5 Å². The maximum Gasteiger partial charge on any atom is 0.270 e. The quantitative estimate of drug-likeness (QED) is 0.676. The van der Waals surface area contributed by atoms with Crippen molar-refractivity contribution in [2.24, 2.45) is 5.73 Å². The Morgan fingerprint density at radius 3 is 2.48 bits per heavy atom. The first kappa shape index (κ1) is 15.0. The van der Waals surface area contributed by atoms with Gasteiger partial charge in [-0.15, -0.1) is 0 Å². The van der Waals surface area contributed by atoms with Gasteiger partial charge in [-0.1, -0.05) is 18.2 Å². The Labute approximate surface area is 123 Å². The molecule has 0 aromatic heterocycles. The van der Waals surface area contributed by atoms with E-state index < -0.39 is 4.92 Å². The van der Waals surface area contributed by atoms with Crippen molar-refractivity contribution in [3.63, 3.8) is 0 Å². The van der Waals surface area contributed by atoms with Gasteiger partial charge in [0.1, 0.15) is 5.75 Å². The summed E-state index contributed by atoms with van der Waals surface area (Å²) >= 11 is 0. The molecule has 1 unspecified atom stereocenters. The number of methoxy groups -OCH3 is 1. The predicted octanol–water partition coefficient (Wildman–Crippen LogP) is 3.15. The Bertz CT molecular complexity index is 638. The molecular weight excluding hydrogens is 268 g/mol. The van der Waals surface area contributed by atoms with Gasteiger partial charge in [0.2, 0.25) is 0 Å². The molecule has 2 rings (SSSR count). The van der Waals surface area contributed by atoms with E-state index in [1.54, 1.807) is 19.2 Å². The molecule has 0 aliphatic rings. The van der Waals surface area contributed by atoms with Crippen LogP contribution in [0.25, 0.3) is 0 Å². The Morgan fingerprint density at radius 1 is 1.24 bits per heavy atom. The van der Waals surface area contributed by atoms with Crippen LogP contribution < -0.4 is 10.5 Å². The molecule has 2 aromatic rings. The van der Waals surface area contributed by atoms with Crippen molar-refractivity contribution in [1.29, 1.82) is 0 Å². The van der Waals surface area contributed by atoms with E-state index in [1.165, 1.54) is 0 Å². The molecule has 0 aliphatic heterocycles. The maximum atomic E-state index is 10.9. The minimum absolute atomic E-state index is 0.0789. The van der Waals surface area contributed by atoms with Crippen LogP contribution in [0, 0.1) is 17.0 Å². The molecule has 0 fully saturated rings. The zero-order valence-electron chi connectivity index (χ0n) is 12.1. The lowest BCUT2D eigenvalue weighted by Gasteiger charge is -2.13. The lowest BCUT2D eigenvalue weighted by atomic mass is 9.98. The number of benzene rings is 2. The van der Waals surface area contributed by atoms with E-state index in [9.17, 15) is 10.1 Å². The maximum absolute atomic E-state index is 10.9. The third-order valence-corrected chi connectivity index (χ3v) is 3.34. The highest BCUT2D eigenvalue weighted by Gasteiger charge is 2.13. The summed E-state index contributed by atoms with van der Waals surface area (Å²) in [4.78, 5) is 10.5. The first-order chi connectivity index (χ1) is 9.99. The van der Waals surface area contributed by atoms with Crippen LogP contribution in [0.15, 0.2) is 42.5 Å².